The summed E-state index contributed by atoms with van der Waals surface area (Å²) >= 11 is 0. The number of hydrogen-bond acceptors (Lipinski definition) is 6. The van der Waals surface area contributed by atoms with Crippen molar-refractivity contribution in [3.05, 3.63) is 72.0 Å². The summed E-state index contributed by atoms with van der Waals surface area (Å²) in [5.41, 5.74) is 2.64. The van der Waals surface area contributed by atoms with Gasteiger partial charge in [-0.05, 0) is 43.3 Å². The third-order valence-corrected chi connectivity index (χ3v) is 3.74. The van der Waals surface area contributed by atoms with Crippen LogP contribution in [-0.4, -0.2) is 31.0 Å². The van der Waals surface area contributed by atoms with E-state index in [1.165, 1.54) is 16.8 Å². The van der Waals surface area contributed by atoms with Crippen LogP contribution >= 0.6 is 0 Å². The molecule has 0 unspecified atom stereocenters. The minimum absolute atomic E-state index is 0.123. The highest BCUT2D eigenvalue weighted by atomic mass is 19.1. The summed E-state index contributed by atoms with van der Waals surface area (Å²) in [6, 6.07) is 13.1. The highest BCUT2D eigenvalue weighted by molar-refractivity contribution is 6.01. The summed E-state index contributed by atoms with van der Waals surface area (Å²) in [7, 11) is 0. The molecule has 134 valence electrons. The Labute approximate surface area is 152 Å². The van der Waals surface area contributed by atoms with Crippen molar-refractivity contribution in [3.8, 4) is 17.2 Å². The van der Waals surface area contributed by atoms with Gasteiger partial charge in [-0.15, -0.1) is 5.10 Å². The first-order chi connectivity index (χ1) is 13.1. The minimum atomic E-state index is -0.525. The van der Waals surface area contributed by atoms with E-state index in [1.54, 1.807) is 30.5 Å². The normalized spacial score (nSPS) is 10.7. The zero-order chi connectivity index (χ0) is 18.8. The van der Waals surface area contributed by atoms with Crippen molar-refractivity contribution < 1.29 is 13.7 Å². The molecule has 2 heterocycles. The monoisotopic (exact) mass is 364 g/mol. The maximum atomic E-state index is 13.0. The first kappa shape index (κ1) is 16.6. The summed E-state index contributed by atoms with van der Waals surface area (Å²) in [4.78, 5) is 16.3. The van der Waals surface area contributed by atoms with Gasteiger partial charge in [-0.25, -0.2) is 9.07 Å². The van der Waals surface area contributed by atoms with Crippen LogP contribution < -0.4 is 5.32 Å². The molecule has 27 heavy (non-hydrogen) atoms. The maximum absolute atomic E-state index is 13.0. The maximum Gasteiger partial charge on any atom is 0.316 e. The van der Waals surface area contributed by atoms with Gasteiger partial charge in [-0.3, -0.25) is 4.79 Å². The van der Waals surface area contributed by atoms with Gasteiger partial charge in [0.2, 0.25) is 5.82 Å². The number of carbonyl (C=O) groups is 1. The Balaban J connectivity index is 1.51. The van der Waals surface area contributed by atoms with Crippen LogP contribution in [0.2, 0.25) is 0 Å². The molecular formula is C18H13FN6O2. The second-order valence-corrected chi connectivity index (χ2v) is 5.77. The SMILES string of the molecule is Cc1ccc(NC(=O)c2nc(-c3cn(-c4ccc(F)cc4)nn3)no2)cc1. The van der Waals surface area contributed by atoms with E-state index >= 15 is 0 Å². The number of nitrogens with one attached hydrogen (secondary N) is 1. The topological polar surface area (TPSA) is 98.7 Å². The third-order valence-electron chi connectivity index (χ3n) is 3.74. The van der Waals surface area contributed by atoms with Gasteiger partial charge in [0.05, 0.1) is 11.9 Å². The third kappa shape index (κ3) is 3.56. The Kier molecular flexibility index (Phi) is 4.17. The smallest absolute Gasteiger partial charge is 0.316 e. The van der Waals surface area contributed by atoms with E-state index < -0.39 is 5.91 Å². The predicted octanol–water partition coefficient (Wildman–Crippen LogP) is 3.02. The Bertz CT molecular complexity index is 1090. The van der Waals surface area contributed by atoms with Gasteiger partial charge in [-0.2, -0.15) is 4.98 Å². The fourth-order valence-electron chi connectivity index (χ4n) is 2.33. The number of aromatic nitrogens is 5. The molecule has 1 amide bonds. The number of nitrogens with zero attached hydrogens (tertiary/aromatic N) is 5. The van der Waals surface area contributed by atoms with Crippen LogP contribution in [0.4, 0.5) is 10.1 Å². The summed E-state index contributed by atoms with van der Waals surface area (Å²) in [6.45, 7) is 1.95. The van der Waals surface area contributed by atoms with E-state index in [-0.39, 0.29) is 17.5 Å². The lowest BCUT2D eigenvalue weighted by Crippen LogP contribution is -2.12. The molecule has 1 N–H and O–H groups in total. The molecule has 0 bridgehead atoms. The fourth-order valence-corrected chi connectivity index (χ4v) is 2.33. The molecule has 0 fully saturated rings. The van der Waals surface area contributed by atoms with Crippen molar-refractivity contribution in [2.24, 2.45) is 0 Å². The second kappa shape index (κ2) is 6.79. The van der Waals surface area contributed by atoms with Crippen LogP contribution in [0.1, 0.15) is 16.2 Å². The van der Waals surface area contributed by atoms with E-state index in [2.05, 4.69) is 25.8 Å². The molecule has 9 heteroatoms. The molecule has 0 saturated carbocycles. The summed E-state index contributed by atoms with van der Waals surface area (Å²) in [6.07, 6.45) is 1.56. The van der Waals surface area contributed by atoms with Gasteiger partial charge < -0.3 is 9.84 Å². The summed E-state index contributed by atoms with van der Waals surface area (Å²) in [5.74, 6) is -0.940. The number of hydrogen-bond donors (Lipinski definition) is 1. The molecule has 0 spiro atoms. The van der Waals surface area contributed by atoms with Crippen LogP contribution in [-0.2, 0) is 0 Å². The van der Waals surface area contributed by atoms with E-state index in [1.807, 2.05) is 19.1 Å². The lowest BCUT2D eigenvalue weighted by Gasteiger charge is -2.01. The lowest BCUT2D eigenvalue weighted by atomic mass is 10.2. The van der Waals surface area contributed by atoms with Gasteiger partial charge in [0.25, 0.3) is 0 Å². The Morgan fingerprint density at radius 2 is 1.85 bits per heavy atom. The standard InChI is InChI=1S/C18H13FN6O2/c1-11-2-6-13(7-3-11)20-17(26)18-21-16(23-27-18)15-10-25(24-22-15)14-8-4-12(19)5-9-14/h2-10H,1H3,(H,20,26). The van der Waals surface area contributed by atoms with Gasteiger partial charge >= 0.3 is 11.8 Å². The van der Waals surface area contributed by atoms with Crippen molar-refractivity contribution in [2.45, 2.75) is 6.92 Å². The predicted molar refractivity (Wildman–Crippen MR) is 93.7 cm³/mol. The van der Waals surface area contributed by atoms with Crippen molar-refractivity contribution in [1.82, 2.24) is 25.1 Å². The van der Waals surface area contributed by atoms with Crippen LogP contribution in [0.15, 0.2) is 59.3 Å². The van der Waals surface area contributed by atoms with Crippen LogP contribution in [0, 0.1) is 12.7 Å². The van der Waals surface area contributed by atoms with Crippen LogP contribution in [0.25, 0.3) is 17.2 Å². The molecule has 0 radical (unpaired) electrons. The summed E-state index contributed by atoms with van der Waals surface area (Å²) in [5, 5.41) is 14.3. The number of aryl methyl sites for hydroxylation is 1. The van der Waals surface area contributed by atoms with Gasteiger partial charge in [-0.1, -0.05) is 28.1 Å². The molecule has 0 aliphatic heterocycles. The molecule has 0 aliphatic carbocycles. The van der Waals surface area contributed by atoms with Crippen molar-refractivity contribution >= 4 is 11.6 Å². The van der Waals surface area contributed by atoms with Crippen LogP contribution in [0.3, 0.4) is 0 Å². The number of halogens is 1. The molecular weight excluding hydrogens is 351 g/mol. The number of carbonyl (C=O) groups excluding carboxylic acids is 1. The van der Waals surface area contributed by atoms with Crippen molar-refractivity contribution in [1.29, 1.82) is 0 Å². The first-order valence-electron chi connectivity index (χ1n) is 7.99. The minimum Gasteiger partial charge on any atom is -0.328 e. The van der Waals surface area contributed by atoms with Gasteiger partial charge in [0.1, 0.15) is 5.82 Å². The molecule has 0 aliphatic rings. The van der Waals surface area contributed by atoms with E-state index in [4.69, 9.17) is 4.52 Å². The Morgan fingerprint density at radius 3 is 2.59 bits per heavy atom. The quantitative estimate of drug-likeness (QED) is 0.598. The molecule has 8 nitrogen and oxygen atoms in total. The second-order valence-electron chi connectivity index (χ2n) is 5.77. The molecule has 4 aromatic rings. The largest absolute Gasteiger partial charge is 0.328 e. The number of amides is 1. The molecule has 4 rings (SSSR count). The number of benzene rings is 2. The molecule has 0 saturated heterocycles. The summed E-state index contributed by atoms with van der Waals surface area (Å²) < 4.78 is 19.5. The van der Waals surface area contributed by atoms with Crippen molar-refractivity contribution in [2.75, 3.05) is 5.32 Å². The average molecular weight is 364 g/mol. The van der Waals surface area contributed by atoms with E-state index in [9.17, 15) is 9.18 Å². The molecule has 0 atom stereocenters. The lowest BCUT2D eigenvalue weighted by molar-refractivity contribution is 0.0981. The van der Waals surface area contributed by atoms with E-state index in [0.717, 1.165) is 5.56 Å². The van der Waals surface area contributed by atoms with E-state index in [0.29, 0.717) is 17.1 Å². The number of rotatable bonds is 4. The zero-order valence-corrected chi connectivity index (χ0v) is 14.1. The molecule has 2 aromatic heterocycles. The van der Waals surface area contributed by atoms with Gasteiger partial charge in [0.15, 0.2) is 5.69 Å². The number of anilines is 1. The Morgan fingerprint density at radius 1 is 1.11 bits per heavy atom. The van der Waals surface area contributed by atoms with Crippen LogP contribution in [0.5, 0.6) is 0 Å². The van der Waals surface area contributed by atoms with Crippen molar-refractivity contribution in [3.63, 3.8) is 0 Å². The first-order valence-corrected chi connectivity index (χ1v) is 7.99. The zero-order valence-electron chi connectivity index (χ0n) is 14.1. The molecule has 2 aromatic carbocycles. The van der Waals surface area contributed by atoms with Gasteiger partial charge in [0, 0.05) is 5.69 Å². The Hall–Kier alpha value is -3.88. The average Bonchev–Trinajstić information content (AvgIpc) is 3.33. The highest BCUT2D eigenvalue weighted by Crippen LogP contribution is 2.16. The fraction of sp³-hybridized carbons (Fsp3) is 0.0556. The highest BCUT2D eigenvalue weighted by Gasteiger charge is 2.18.